The average molecular weight is 435 g/mol. The van der Waals surface area contributed by atoms with Gasteiger partial charge in [-0.15, -0.1) is 11.3 Å². The monoisotopic (exact) mass is 434 g/mol. The normalized spacial score (nSPS) is 16.0. The Morgan fingerprint density at radius 2 is 1.84 bits per heavy atom. The molecule has 1 aliphatic heterocycles. The SMILES string of the molecule is CC(C(=O)N1CCN(C/C=C/c2ccccc2)CC1)n1nc(-c2cccs2)ccc1=O. The maximum absolute atomic E-state index is 13.1. The van der Waals surface area contributed by atoms with Gasteiger partial charge < -0.3 is 4.90 Å². The predicted octanol–water partition coefficient (Wildman–Crippen LogP) is 3.39. The topological polar surface area (TPSA) is 58.4 Å². The molecule has 4 rings (SSSR count). The van der Waals surface area contributed by atoms with Gasteiger partial charge in [0.2, 0.25) is 5.91 Å². The lowest BCUT2D eigenvalue weighted by molar-refractivity contribution is -0.136. The summed E-state index contributed by atoms with van der Waals surface area (Å²) in [7, 11) is 0. The minimum Gasteiger partial charge on any atom is -0.338 e. The third-order valence-corrected chi connectivity index (χ3v) is 6.37. The second-order valence-electron chi connectivity index (χ2n) is 7.59. The molecule has 0 saturated carbocycles. The molecule has 0 spiro atoms. The van der Waals surface area contributed by atoms with Crippen molar-refractivity contribution in [2.75, 3.05) is 32.7 Å². The van der Waals surface area contributed by atoms with Crippen LogP contribution in [0.2, 0.25) is 0 Å². The Bertz CT molecular complexity index is 1080. The number of piperazine rings is 1. The van der Waals surface area contributed by atoms with E-state index in [2.05, 4.69) is 34.3 Å². The zero-order valence-electron chi connectivity index (χ0n) is 17.6. The van der Waals surface area contributed by atoms with E-state index in [-0.39, 0.29) is 11.5 Å². The van der Waals surface area contributed by atoms with E-state index < -0.39 is 6.04 Å². The van der Waals surface area contributed by atoms with Gasteiger partial charge in [-0.3, -0.25) is 14.5 Å². The van der Waals surface area contributed by atoms with E-state index in [1.165, 1.54) is 16.3 Å². The molecule has 0 radical (unpaired) electrons. The standard InChI is InChI=1S/C24H26N4O2S/c1-19(28-23(29)12-11-21(25-28)22-10-6-18-31-22)24(30)27-16-14-26(15-17-27)13-5-9-20-7-3-2-4-8-20/h2-12,18-19H,13-17H2,1H3/b9-5+. The molecule has 2 aromatic heterocycles. The Kier molecular flexibility index (Phi) is 6.74. The van der Waals surface area contributed by atoms with E-state index in [9.17, 15) is 9.59 Å². The fraction of sp³-hybridized carbons (Fsp3) is 0.292. The van der Waals surface area contributed by atoms with E-state index in [1.807, 2.05) is 40.6 Å². The van der Waals surface area contributed by atoms with Crippen LogP contribution in [-0.2, 0) is 4.79 Å². The summed E-state index contributed by atoms with van der Waals surface area (Å²) in [5.41, 5.74) is 1.64. The Hall–Kier alpha value is -3.03. The van der Waals surface area contributed by atoms with Crippen molar-refractivity contribution in [3.8, 4) is 10.6 Å². The molecule has 0 aliphatic carbocycles. The minimum absolute atomic E-state index is 0.0580. The van der Waals surface area contributed by atoms with Crippen LogP contribution in [0, 0.1) is 0 Å². The summed E-state index contributed by atoms with van der Waals surface area (Å²) in [5.74, 6) is -0.0580. The number of nitrogens with zero attached hydrogens (tertiary/aromatic N) is 4. The maximum atomic E-state index is 13.1. The first-order chi connectivity index (χ1) is 15.1. The van der Waals surface area contributed by atoms with Crippen LogP contribution in [-0.4, -0.2) is 58.2 Å². The number of carbonyl (C=O) groups excluding carboxylic acids is 1. The van der Waals surface area contributed by atoms with E-state index in [4.69, 9.17) is 0 Å². The van der Waals surface area contributed by atoms with Crippen LogP contribution < -0.4 is 5.56 Å². The molecular weight excluding hydrogens is 408 g/mol. The van der Waals surface area contributed by atoms with E-state index >= 15 is 0 Å². The molecule has 1 aliphatic rings. The minimum atomic E-state index is -0.628. The molecule has 160 valence electrons. The largest absolute Gasteiger partial charge is 0.338 e. The molecule has 1 unspecified atom stereocenters. The zero-order valence-corrected chi connectivity index (χ0v) is 18.4. The second kappa shape index (κ2) is 9.85. The number of aromatic nitrogens is 2. The van der Waals surface area contributed by atoms with Gasteiger partial charge in [-0.1, -0.05) is 48.6 Å². The molecule has 1 aromatic carbocycles. The number of thiophene rings is 1. The fourth-order valence-corrected chi connectivity index (χ4v) is 4.37. The lowest BCUT2D eigenvalue weighted by Gasteiger charge is -2.35. The molecule has 0 bridgehead atoms. The first-order valence-electron chi connectivity index (χ1n) is 10.5. The van der Waals surface area contributed by atoms with Crippen LogP contribution in [0.3, 0.4) is 0 Å². The van der Waals surface area contributed by atoms with Gasteiger partial charge in [0.05, 0.1) is 4.88 Å². The summed E-state index contributed by atoms with van der Waals surface area (Å²) in [5, 5.41) is 6.43. The van der Waals surface area contributed by atoms with Crippen LogP contribution in [0.5, 0.6) is 0 Å². The van der Waals surface area contributed by atoms with Crippen LogP contribution in [0.15, 0.2) is 70.8 Å². The lowest BCUT2D eigenvalue weighted by atomic mass is 10.2. The molecule has 0 N–H and O–H groups in total. The van der Waals surface area contributed by atoms with Gasteiger partial charge in [0.1, 0.15) is 11.7 Å². The van der Waals surface area contributed by atoms with Crippen molar-refractivity contribution in [2.45, 2.75) is 13.0 Å². The summed E-state index contributed by atoms with van der Waals surface area (Å²) < 4.78 is 1.31. The number of rotatable bonds is 6. The molecule has 1 fully saturated rings. The molecule has 7 heteroatoms. The molecule has 31 heavy (non-hydrogen) atoms. The summed E-state index contributed by atoms with van der Waals surface area (Å²) >= 11 is 1.56. The molecular formula is C24H26N4O2S. The smallest absolute Gasteiger partial charge is 0.267 e. The molecule has 6 nitrogen and oxygen atoms in total. The maximum Gasteiger partial charge on any atom is 0.267 e. The molecule has 1 amide bonds. The summed E-state index contributed by atoms with van der Waals surface area (Å²) in [6.45, 7) is 5.55. The summed E-state index contributed by atoms with van der Waals surface area (Å²) in [6.07, 6.45) is 4.28. The molecule has 1 saturated heterocycles. The lowest BCUT2D eigenvalue weighted by Crippen LogP contribution is -2.51. The van der Waals surface area contributed by atoms with Crippen molar-refractivity contribution >= 4 is 23.3 Å². The Labute approximate surface area is 186 Å². The highest BCUT2D eigenvalue weighted by Crippen LogP contribution is 2.22. The van der Waals surface area contributed by atoms with Crippen LogP contribution in [0.4, 0.5) is 0 Å². The summed E-state index contributed by atoms with van der Waals surface area (Å²) in [4.78, 5) is 30.6. The van der Waals surface area contributed by atoms with Crippen LogP contribution >= 0.6 is 11.3 Å². The van der Waals surface area contributed by atoms with Gasteiger partial charge in [0, 0.05) is 38.8 Å². The number of amides is 1. The van der Waals surface area contributed by atoms with Crippen molar-refractivity contribution in [1.29, 1.82) is 0 Å². The van der Waals surface area contributed by atoms with Gasteiger partial charge in [-0.05, 0) is 30.0 Å². The van der Waals surface area contributed by atoms with Crippen molar-refractivity contribution in [1.82, 2.24) is 19.6 Å². The Morgan fingerprint density at radius 1 is 1.06 bits per heavy atom. The highest BCUT2D eigenvalue weighted by atomic mass is 32.1. The van der Waals surface area contributed by atoms with Crippen LogP contribution in [0.25, 0.3) is 16.6 Å². The van der Waals surface area contributed by atoms with Gasteiger partial charge in [-0.2, -0.15) is 5.10 Å². The van der Waals surface area contributed by atoms with Gasteiger partial charge in [-0.25, -0.2) is 4.68 Å². The predicted molar refractivity (Wildman–Crippen MR) is 125 cm³/mol. The van der Waals surface area contributed by atoms with E-state index in [1.54, 1.807) is 24.3 Å². The quantitative estimate of drug-likeness (QED) is 0.597. The second-order valence-corrected chi connectivity index (χ2v) is 8.54. The van der Waals surface area contributed by atoms with Gasteiger partial charge in [0.15, 0.2) is 0 Å². The molecule has 1 atom stereocenters. The van der Waals surface area contributed by atoms with Crippen molar-refractivity contribution < 1.29 is 4.79 Å². The van der Waals surface area contributed by atoms with E-state index in [0.29, 0.717) is 18.8 Å². The number of carbonyl (C=O) groups is 1. The van der Waals surface area contributed by atoms with Crippen molar-refractivity contribution in [3.63, 3.8) is 0 Å². The van der Waals surface area contributed by atoms with Crippen LogP contribution in [0.1, 0.15) is 18.5 Å². The van der Waals surface area contributed by atoms with Gasteiger partial charge in [0.25, 0.3) is 5.56 Å². The first-order valence-corrected chi connectivity index (χ1v) is 11.4. The molecule has 3 aromatic rings. The van der Waals surface area contributed by atoms with E-state index in [0.717, 1.165) is 24.5 Å². The number of benzene rings is 1. The van der Waals surface area contributed by atoms with Crippen molar-refractivity contribution in [3.05, 3.63) is 82.0 Å². The summed E-state index contributed by atoms with van der Waals surface area (Å²) in [6, 6.07) is 16.7. The van der Waals surface area contributed by atoms with Crippen molar-refractivity contribution in [2.24, 2.45) is 0 Å². The first kappa shape index (κ1) is 21.2. The number of hydrogen-bond acceptors (Lipinski definition) is 5. The Balaban J connectivity index is 1.35. The number of hydrogen-bond donors (Lipinski definition) is 0. The third-order valence-electron chi connectivity index (χ3n) is 5.48. The average Bonchev–Trinajstić information content (AvgIpc) is 3.35. The Morgan fingerprint density at radius 3 is 2.55 bits per heavy atom. The fourth-order valence-electron chi connectivity index (χ4n) is 3.68. The van der Waals surface area contributed by atoms with Gasteiger partial charge >= 0.3 is 0 Å². The highest BCUT2D eigenvalue weighted by Gasteiger charge is 2.27. The highest BCUT2D eigenvalue weighted by molar-refractivity contribution is 7.13. The molecule has 3 heterocycles. The zero-order chi connectivity index (χ0) is 21.6. The third kappa shape index (κ3) is 5.18.